The van der Waals surface area contributed by atoms with E-state index in [0.29, 0.717) is 18.8 Å². The van der Waals surface area contributed by atoms with Crippen LogP contribution in [-0.4, -0.2) is 49.5 Å². The van der Waals surface area contributed by atoms with Crippen LogP contribution < -0.4 is 10.6 Å². The maximum Gasteiger partial charge on any atom is 0.271 e. The first-order chi connectivity index (χ1) is 11.2. The Morgan fingerprint density at radius 2 is 2.30 bits per heavy atom. The lowest BCUT2D eigenvalue weighted by molar-refractivity contribution is 0.0510. The molecule has 124 valence electrons. The Morgan fingerprint density at radius 3 is 3.00 bits per heavy atom. The Labute approximate surface area is 139 Å². The third-order valence-corrected chi connectivity index (χ3v) is 5.24. The highest BCUT2D eigenvalue weighted by Crippen LogP contribution is 2.28. The molecule has 0 atom stereocenters. The zero-order chi connectivity index (χ0) is 16.1. The maximum absolute atomic E-state index is 12.4. The molecule has 0 saturated carbocycles. The Hall–Kier alpha value is -1.70. The summed E-state index contributed by atoms with van der Waals surface area (Å²) in [5.41, 5.74) is 1.32. The number of methoxy groups -OCH3 is 1. The number of carbonyl (C=O) groups excluding carboxylic acids is 1. The van der Waals surface area contributed by atoms with Gasteiger partial charge in [0.2, 0.25) is 0 Å². The topological polar surface area (TPSA) is 79.0 Å². The summed E-state index contributed by atoms with van der Waals surface area (Å²) in [4.78, 5) is 13.4. The summed E-state index contributed by atoms with van der Waals surface area (Å²) in [6.07, 6.45) is 2.00. The number of hydrogen-bond acceptors (Lipinski definition) is 5. The van der Waals surface area contributed by atoms with Gasteiger partial charge in [-0.05, 0) is 43.4 Å². The van der Waals surface area contributed by atoms with Crippen LogP contribution in [0.15, 0.2) is 23.6 Å². The highest BCUT2D eigenvalue weighted by molar-refractivity contribution is 7.13. The maximum atomic E-state index is 12.4. The predicted octanol–water partition coefficient (Wildman–Crippen LogP) is 1.88. The fourth-order valence-corrected chi connectivity index (χ4v) is 3.68. The number of aromatic amines is 1. The van der Waals surface area contributed by atoms with Crippen LogP contribution in [0.2, 0.25) is 0 Å². The van der Waals surface area contributed by atoms with E-state index in [0.717, 1.165) is 36.5 Å². The molecule has 7 heteroatoms. The van der Waals surface area contributed by atoms with Crippen molar-refractivity contribution in [3.8, 4) is 10.6 Å². The van der Waals surface area contributed by atoms with Crippen molar-refractivity contribution in [2.45, 2.75) is 12.8 Å². The Kier molecular flexibility index (Phi) is 5.09. The number of piperidine rings is 1. The van der Waals surface area contributed by atoms with E-state index in [2.05, 4.69) is 20.8 Å². The first-order valence-electron chi connectivity index (χ1n) is 7.80. The summed E-state index contributed by atoms with van der Waals surface area (Å²) in [6, 6.07) is 5.78. The van der Waals surface area contributed by atoms with Gasteiger partial charge >= 0.3 is 0 Å². The number of ether oxygens (including phenoxy) is 1. The summed E-state index contributed by atoms with van der Waals surface area (Å²) < 4.78 is 5.38. The van der Waals surface area contributed by atoms with Crippen LogP contribution in [0.1, 0.15) is 23.3 Å². The molecule has 0 unspecified atom stereocenters. The number of nitrogens with one attached hydrogen (secondary N) is 3. The summed E-state index contributed by atoms with van der Waals surface area (Å²) in [5.74, 6) is -0.141. The van der Waals surface area contributed by atoms with Gasteiger partial charge in [0, 0.05) is 19.1 Å². The largest absolute Gasteiger partial charge is 0.384 e. The molecule has 1 amide bonds. The van der Waals surface area contributed by atoms with Crippen LogP contribution >= 0.6 is 11.3 Å². The van der Waals surface area contributed by atoms with Gasteiger partial charge in [-0.1, -0.05) is 6.07 Å². The number of aromatic nitrogens is 2. The molecule has 2 aromatic rings. The molecular formula is C16H22N4O2S. The highest BCUT2D eigenvalue weighted by Gasteiger charge is 2.32. The monoisotopic (exact) mass is 334 g/mol. The molecule has 6 nitrogen and oxygen atoms in total. The first kappa shape index (κ1) is 16.2. The Morgan fingerprint density at radius 1 is 1.48 bits per heavy atom. The van der Waals surface area contributed by atoms with Crippen molar-refractivity contribution in [3.63, 3.8) is 0 Å². The number of rotatable bonds is 6. The van der Waals surface area contributed by atoms with Gasteiger partial charge in [0.05, 0.1) is 17.2 Å². The van der Waals surface area contributed by atoms with E-state index in [4.69, 9.17) is 4.74 Å². The second-order valence-corrected chi connectivity index (χ2v) is 6.96. The number of hydrogen-bond donors (Lipinski definition) is 3. The van der Waals surface area contributed by atoms with Crippen LogP contribution in [0.25, 0.3) is 10.6 Å². The zero-order valence-electron chi connectivity index (χ0n) is 13.2. The molecule has 3 rings (SSSR count). The number of carbonyl (C=O) groups is 1. The first-order valence-corrected chi connectivity index (χ1v) is 8.68. The standard InChI is InChI=1S/C16H22N4O2S/c1-22-11-16(4-6-17-7-5-16)10-18-15(21)13-9-12(19-20-13)14-3-2-8-23-14/h2-3,8-9,17H,4-7,10-11H2,1H3,(H,18,21)(H,19,20). The number of thiophene rings is 1. The molecule has 1 aliphatic rings. The predicted molar refractivity (Wildman–Crippen MR) is 90.6 cm³/mol. The second kappa shape index (κ2) is 7.25. The van der Waals surface area contributed by atoms with Gasteiger partial charge in [0.25, 0.3) is 5.91 Å². The van der Waals surface area contributed by atoms with E-state index in [9.17, 15) is 4.79 Å². The van der Waals surface area contributed by atoms with Gasteiger partial charge in [-0.15, -0.1) is 11.3 Å². The smallest absolute Gasteiger partial charge is 0.271 e. The van der Waals surface area contributed by atoms with E-state index in [-0.39, 0.29) is 11.3 Å². The molecule has 1 fully saturated rings. The average molecular weight is 334 g/mol. The van der Waals surface area contributed by atoms with Crippen molar-refractivity contribution in [3.05, 3.63) is 29.3 Å². The van der Waals surface area contributed by atoms with Crippen molar-refractivity contribution in [2.75, 3.05) is 33.4 Å². The Bertz CT molecular complexity index is 627. The molecule has 0 spiro atoms. The third kappa shape index (κ3) is 3.80. The number of H-pyrrole nitrogens is 1. The minimum Gasteiger partial charge on any atom is -0.384 e. The van der Waals surface area contributed by atoms with Crippen molar-refractivity contribution >= 4 is 17.2 Å². The number of amides is 1. The molecule has 0 aliphatic carbocycles. The number of nitrogens with zero attached hydrogens (tertiary/aromatic N) is 1. The molecule has 2 aromatic heterocycles. The summed E-state index contributed by atoms with van der Waals surface area (Å²) in [6.45, 7) is 3.20. The summed E-state index contributed by atoms with van der Waals surface area (Å²) in [5, 5.41) is 15.4. The van der Waals surface area contributed by atoms with Gasteiger partial charge in [-0.25, -0.2) is 0 Å². The van der Waals surface area contributed by atoms with E-state index >= 15 is 0 Å². The summed E-state index contributed by atoms with van der Waals surface area (Å²) in [7, 11) is 1.71. The third-order valence-electron chi connectivity index (χ3n) is 4.34. The lowest BCUT2D eigenvalue weighted by Crippen LogP contribution is -2.47. The van der Waals surface area contributed by atoms with Gasteiger partial charge in [0.1, 0.15) is 0 Å². The lowest BCUT2D eigenvalue weighted by Gasteiger charge is -2.37. The van der Waals surface area contributed by atoms with Crippen LogP contribution in [0, 0.1) is 5.41 Å². The Balaban J connectivity index is 1.62. The fourth-order valence-electron chi connectivity index (χ4n) is 2.99. The van der Waals surface area contributed by atoms with Crippen LogP contribution in [0.5, 0.6) is 0 Å². The molecule has 0 radical (unpaired) electrons. The van der Waals surface area contributed by atoms with E-state index in [1.54, 1.807) is 24.5 Å². The molecule has 1 saturated heterocycles. The molecule has 23 heavy (non-hydrogen) atoms. The van der Waals surface area contributed by atoms with Crippen LogP contribution in [0.4, 0.5) is 0 Å². The van der Waals surface area contributed by atoms with Gasteiger partial charge in [-0.3, -0.25) is 9.89 Å². The second-order valence-electron chi connectivity index (χ2n) is 6.01. The lowest BCUT2D eigenvalue weighted by atomic mass is 9.79. The van der Waals surface area contributed by atoms with E-state index in [1.807, 2.05) is 17.5 Å². The highest BCUT2D eigenvalue weighted by atomic mass is 32.1. The average Bonchev–Trinajstić information content (AvgIpc) is 3.25. The van der Waals surface area contributed by atoms with Gasteiger partial charge < -0.3 is 15.4 Å². The van der Waals surface area contributed by atoms with Crippen molar-refractivity contribution in [1.82, 2.24) is 20.8 Å². The van der Waals surface area contributed by atoms with Crippen molar-refractivity contribution in [1.29, 1.82) is 0 Å². The molecule has 3 heterocycles. The van der Waals surface area contributed by atoms with Gasteiger partial charge in [0.15, 0.2) is 5.69 Å². The molecule has 3 N–H and O–H groups in total. The fraction of sp³-hybridized carbons (Fsp3) is 0.500. The minimum atomic E-state index is -0.141. The molecule has 0 bridgehead atoms. The van der Waals surface area contributed by atoms with Crippen molar-refractivity contribution < 1.29 is 9.53 Å². The minimum absolute atomic E-state index is 0.0164. The molecule has 1 aliphatic heterocycles. The van der Waals surface area contributed by atoms with Crippen molar-refractivity contribution in [2.24, 2.45) is 5.41 Å². The molecular weight excluding hydrogens is 312 g/mol. The van der Waals surface area contributed by atoms with Crippen LogP contribution in [0.3, 0.4) is 0 Å². The van der Waals surface area contributed by atoms with Crippen LogP contribution in [-0.2, 0) is 4.74 Å². The SMILES string of the molecule is COCC1(CNC(=O)c2cc(-c3cccs3)[nH]n2)CCNCC1. The van der Waals surface area contributed by atoms with E-state index in [1.165, 1.54) is 0 Å². The van der Waals surface area contributed by atoms with E-state index < -0.39 is 0 Å². The quantitative estimate of drug-likeness (QED) is 0.754. The van der Waals surface area contributed by atoms with Gasteiger partial charge in [-0.2, -0.15) is 5.10 Å². The zero-order valence-corrected chi connectivity index (χ0v) is 14.0. The molecule has 0 aromatic carbocycles. The summed E-state index contributed by atoms with van der Waals surface area (Å²) >= 11 is 1.62. The normalized spacial score (nSPS) is 17.1.